The maximum Gasteiger partial charge on any atom is 0.0782 e. The molecule has 1 aromatic rings. The molecule has 1 nitrogen and oxygen atoms in total. The Bertz CT molecular complexity index is 472. The van der Waals surface area contributed by atoms with Crippen molar-refractivity contribution in [3.8, 4) is 0 Å². The summed E-state index contributed by atoms with van der Waals surface area (Å²) in [5.41, 5.74) is 1.11. The molecule has 0 bridgehead atoms. The second kappa shape index (κ2) is 8.84. The summed E-state index contributed by atoms with van der Waals surface area (Å²) in [7, 11) is 0. The number of halogens is 4. The average Bonchev–Trinajstić information content (AvgIpc) is 2.41. The molecule has 0 aliphatic heterocycles. The molecule has 0 amide bonds. The van der Waals surface area contributed by atoms with E-state index in [1.54, 1.807) is 6.07 Å². The van der Waals surface area contributed by atoms with Crippen molar-refractivity contribution in [2.45, 2.75) is 46.5 Å². The van der Waals surface area contributed by atoms with E-state index in [-0.39, 0.29) is 5.41 Å². The van der Waals surface area contributed by atoms with Crippen LogP contribution in [0, 0.1) is 5.41 Å². The second-order valence-corrected chi connectivity index (χ2v) is 7.68. The van der Waals surface area contributed by atoms with Gasteiger partial charge < -0.3 is 5.32 Å². The summed E-state index contributed by atoms with van der Waals surface area (Å²) >= 11 is 24.6. The van der Waals surface area contributed by atoms with Gasteiger partial charge in [-0.05, 0) is 55.8 Å². The Morgan fingerprint density at radius 2 is 1.62 bits per heavy atom. The van der Waals surface area contributed by atoms with E-state index in [0.717, 1.165) is 44.3 Å². The molecule has 0 fully saturated rings. The van der Waals surface area contributed by atoms with Crippen molar-refractivity contribution < 1.29 is 0 Å². The molecule has 120 valence electrons. The molecule has 0 aliphatic carbocycles. The van der Waals surface area contributed by atoms with Crippen LogP contribution in [0.25, 0.3) is 0 Å². The van der Waals surface area contributed by atoms with Gasteiger partial charge in [-0.3, -0.25) is 0 Å². The molecule has 0 spiro atoms. The van der Waals surface area contributed by atoms with Crippen molar-refractivity contribution in [1.82, 2.24) is 5.32 Å². The number of hydrogen-bond acceptors (Lipinski definition) is 1. The highest BCUT2D eigenvalue weighted by Gasteiger charge is 2.20. The first-order valence-electron chi connectivity index (χ1n) is 7.31. The summed E-state index contributed by atoms with van der Waals surface area (Å²) in [6.45, 7) is 8.80. The molecule has 1 aromatic carbocycles. The van der Waals surface area contributed by atoms with Crippen molar-refractivity contribution in [2.75, 3.05) is 13.1 Å². The first-order valence-corrected chi connectivity index (χ1v) is 8.82. The van der Waals surface area contributed by atoms with E-state index in [1.165, 1.54) is 0 Å². The highest BCUT2D eigenvalue weighted by molar-refractivity contribution is 6.49. The lowest BCUT2D eigenvalue weighted by molar-refractivity contribution is 0.302. The van der Waals surface area contributed by atoms with Crippen molar-refractivity contribution in [3.05, 3.63) is 31.7 Å². The summed E-state index contributed by atoms with van der Waals surface area (Å²) in [5, 5.41) is 5.30. The van der Waals surface area contributed by atoms with Gasteiger partial charge in [0, 0.05) is 5.02 Å². The summed E-state index contributed by atoms with van der Waals surface area (Å²) in [6.07, 6.45) is 4.08. The number of rotatable bonds is 8. The minimum Gasteiger partial charge on any atom is -0.317 e. The molecule has 0 radical (unpaired) electrons. The smallest absolute Gasteiger partial charge is 0.0782 e. The van der Waals surface area contributed by atoms with Crippen molar-refractivity contribution in [1.29, 1.82) is 0 Å². The Kier molecular flexibility index (Phi) is 8.16. The maximum absolute atomic E-state index is 6.27. The first-order chi connectivity index (χ1) is 9.78. The maximum atomic E-state index is 6.27. The van der Waals surface area contributed by atoms with Crippen LogP contribution in [0.5, 0.6) is 0 Å². The SMILES string of the molecule is CCCNCCC(C)(C)CCc1c(Cl)cc(Cl)c(Cl)c1Cl. The number of hydrogen-bond donors (Lipinski definition) is 1. The van der Waals surface area contributed by atoms with Crippen molar-refractivity contribution >= 4 is 46.4 Å². The lowest BCUT2D eigenvalue weighted by atomic mass is 9.83. The van der Waals surface area contributed by atoms with Gasteiger partial charge in [0.05, 0.1) is 15.1 Å². The molecule has 0 atom stereocenters. The Hall–Kier alpha value is 0.340. The molecule has 1 N–H and O–H groups in total. The van der Waals surface area contributed by atoms with Crippen LogP contribution in [0.3, 0.4) is 0 Å². The summed E-state index contributed by atoms with van der Waals surface area (Å²) in [6, 6.07) is 1.67. The third-order valence-corrected chi connectivity index (χ3v) is 5.30. The van der Waals surface area contributed by atoms with Crippen LogP contribution in [0.15, 0.2) is 6.07 Å². The van der Waals surface area contributed by atoms with Crippen LogP contribution in [0.4, 0.5) is 0 Å². The molecule has 21 heavy (non-hydrogen) atoms. The van der Waals surface area contributed by atoms with Crippen molar-refractivity contribution in [3.63, 3.8) is 0 Å². The lowest BCUT2D eigenvalue weighted by Gasteiger charge is -2.25. The Labute approximate surface area is 148 Å². The molecule has 0 unspecified atom stereocenters. The predicted octanol–water partition coefficient (Wildman–Crippen LogP) is 6.65. The van der Waals surface area contributed by atoms with Gasteiger partial charge in [-0.25, -0.2) is 0 Å². The molecule has 0 aliphatic rings. The van der Waals surface area contributed by atoms with Crippen LogP contribution < -0.4 is 5.32 Å². The molecule has 0 aromatic heterocycles. The highest BCUT2D eigenvalue weighted by Crippen LogP contribution is 2.39. The zero-order valence-electron chi connectivity index (χ0n) is 12.8. The van der Waals surface area contributed by atoms with E-state index in [9.17, 15) is 0 Å². The van der Waals surface area contributed by atoms with Gasteiger partial charge in [0.2, 0.25) is 0 Å². The fourth-order valence-corrected chi connectivity index (χ4v) is 3.27. The summed E-state index contributed by atoms with van der Waals surface area (Å²) < 4.78 is 0. The summed E-state index contributed by atoms with van der Waals surface area (Å²) in [4.78, 5) is 0. The van der Waals surface area contributed by atoms with E-state index < -0.39 is 0 Å². The third kappa shape index (κ3) is 6.15. The molecular formula is C16H23Cl4N. The van der Waals surface area contributed by atoms with Crippen LogP contribution in [0.1, 0.15) is 45.6 Å². The largest absolute Gasteiger partial charge is 0.317 e. The molecule has 0 saturated carbocycles. The van der Waals surface area contributed by atoms with Crippen LogP contribution in [-0.2, 0) is 6.42 Å². The Morgan fingerprint density at radius 1 is 0.952 bits per heavy atom. The molecule has 0 saturated heterocycles. The van der Waals surface area contributed by atoms with E-state index in [1.807, 2.05) is 0 Å². The molecular weight excluding hydrogens is 348 g/mol. The minimum atomic E-state index is 0.222. The highest BCUT2D eigenvalue weighted by atomic mass is 35.5. The second-order valence-electron chi connectivity index (χ2n) is 6.11. The van der Waals surface area contributed by atoms with Gasteiger partial charge >= 0.3 is 0 Å². The van der Waals surface area contributed by atoms with E-state index >= 15 is 0 Å². The predicted molar refractivity (Wildman–Crippen MR) is 96.4 cm³/mol. The van der Waals surface area contributed by atoms with Gasteiger partial charge in [-0.1, -0.05) is 67.2 Å². The Morgan fingerprint density at radius 3 is 2.24 bits per heavy atom. The van der Waals surface area contributed by atoms with Gasteiger partial charge in [-0.15, -0.1) is 0 Å². The third-order valence-electron chi connectivity index (χ3n) is 3.67. The quantitative estimate of drug-likeness (QED) is 0.307. The topological polar surface area (TPSA) is 12.0 Å². The van der Waals surface area contributed by atoms with Crippen LogP contribution >= 0.6 is 46.4 Å². The normalized spacial score (nSPS) is 12.0. The van der Waals surface area contributed by atoms with Gasteiger partial charge in [0.25, 0.3) is 0 Å². The number of benzene rings is 1. The number of nitrogens with one attached hydrogen (secondary N) is 1. The van der Waals surface area contributed by atoms with Gasteiger partial charge in [0.1, 0.15) is 0 Å². The fraction of sp³-hybridized carbons (Fsp3) is 0.625. The van der Waals surface area contributed by atoms with E-state index in [2.05, 4.69) is 26.1 Å². The van der Waals surface area contributed by atoms with Crippen molar-refractivity contribution in [2.24, 2.45) is 5.41 Å². The fourth-order valence-electron chi connectivity index (χ4n) is 2.15. The lowest BCUT2D eigenvalue weighted by Crippen LogP contribution is -2.23. The minimum absolute atomic E-state index is 0.222. The van der Waals surface area contributed by atoms with Crippen LogP contribution in [0.2, 0.25) is 20.1 Å². The zero-order valence-corrected chi connectivity index (χ0v) is 15.9. The molecule has 0 heterocycles. The zero-order chi connectivity index (χ0) is 16.0. The Balaban J connectivity index is 2.64. The van der Waals surface area contributed by atoms with Gasteiger partial charge in [-0.2, -0.15) is 0 Å². The average molecular weight is 371 g/mol. The molecule has 1 rings (SSSR count). The van der Waals surface area contributed by atoms with Crippen LogP contribution in [-0.4, -0.2) is 13.1 Å². The molecule has 5 heteroatoms. The standard InChI is InChI=1S/C16H23Cl4N/c1-4-8-21-9-7-16(2,3)6-5-11-12(17)10-13(18)15(20)14(11)19/h10,21H,4-9H2,1-3H3. The summed E-state index contributed by atoms with van der Waals surface area (Å²) in [5.74, 6) is 0. The monoisotopic (exact) mass is 369 g/mol. The van der Waals surface area contributed by atoms with E-state index in [0.29, 0.717) is 20.1 Å². The first kappa shape index (κ1) is 19.4. The van der Waals surface area contributed by atoms with Gasteiger partial charge in [0.15, 0.2) is 0 Å². The van der Waals surface area contributed by atoms with E-state index in [4.69, 9.17) is 46.4 Å².